The lowest BCUT2D eigenvalue weighted by Gasteiger charge is -2.08. The zero-order chi connectivity index (χ0) is 19.1. The molecule has 1 amide bonds. The van der Waals surface area contributed by atoms with Gasteiger partial charge >= 0.3 is 0 Å². The van der Waals surface area contributed by atoms with Gasteiger partial charge in [-0.3, -0.25) is 14.6 Å². The highest BCUT2D eigenvalue weighted by molar-refractivity contribution is 7.98. The number of benzene rings is 1. The van der Waals surface area contributed by atoms with Crippen molar-refractivity contribution >= 4 is 17.7 Å². The highest BCUT2D eigenvalue weighted by Gasteiger charge is 2.13. The monoisotopic (exact) mass is 380 g/mol. The van der Waals surface area contributed by atoms with Crippen molar-refractivity contribution in [3.63, 3.8) is 0 Å². The molecule has 2 aromatic heterocycles. The van der Waals surface area contributed by atoms with E-state index in [0.717, 1.165) is 11.3 Å². The molecular formula is C20H20N4O2S. The Morgan fingerprint density at radius 2 is 1.93 bits per heavy atom. The lowest BCUT2D eigenvalue weighted by atomic mass is 10.1. The summed E-state index contributed by atoms with van der Waals surface area (Å²) in [4.78, 5) is 35.9. The van der Waals surface area contributed by atoms with E-state index in [1.807, 2.05) is 48.5 Å². The van der Waals surface area contributed by atoms with Crippen LogP contribution in [0.15, 0.2) is 64.7 Å². The maximum absolute atomic E-state index is 12.4. The van der Waals surface area contributed by atoms with E-state index in [-0.39, 0.29) is 17.9 Å². The Kier molecular flexibility index (Phi) is 6.38. The van der Waals surface area contributed by atoms with Gasteiger partial charge in [0, 0.05) is 23.2 Å². The number of carbonyl (C=O) groups excluding carboxylic acids is 1. The summed E-state index contributed by atoms with van der Waals surface area (Å²) in [7, 11) is 0. The molecule has 3 aromatic rings. The number of nitrogens with one attached hydrogen (secondary N) is 2. The molecule has 27 heavy (non-hydrogen) atoms. The topological polar surface area (TPSA) is 87.7 Å². The van der Waals surface area contributed by atoms with Gasteiger partial charge in [0.2, 0.25) is 5.91 Å². The van der Waals surface area contributed by atoms with Gasteiger partial charge in [-0.15, -0.1) is 0 Å². The molecule has 0 unspecified atom stereocenters. The summed E-state index contributed by atoms with van der Waals surface area (Å²) in [6, 6.07) is 15.5. The zero-order valence-electron chi connectivity index (χ0n) is 14.9. The van der Waals surface area contributed by atoms with Crippen molar-refractivity contribution in [1.82, 2.24) is 20.3 Å². The number of amides is 1. The first-order valence-corrected chi connectivity index (χ1v) is 9.53. The highest BCUT2D eigenvalue weighted by Crippen LogP contribution is 2.18. The van der Waals surface area contributed by atoms with Crippen LogP contribution in [0.1, 0.15) is 22.5 Å². The molecule has 7 heteroatoms. The van der Waals surface area contributed by atoms with Gasteiger partial charge in [-0.2, -0.15) is 0 Å². The van der Waals surface area contributed by atoms with E-state index in [1.165, 1.54) is 11.8 Å². The van der Waals surface area contributed by atoms with Gasteiger partial charge in [-0.05, 0) is 24.6 Å². The molecular weight excluding hydrogens is 360 g/mol. The molecule has 0 aliphatic heterocycles. The van der Waals surface area contributed by atoms with E-state index in [0.29, 0.717) is 28.7 Å². The molecule has 0 saturated carbocycles. The average molecular weight is 380 g/mol. The second-order valence-electron chi connectivity index (χ2n) is 5.98. The number of hydrogen-bond donors (Lipinski definition) is 2. The lowest BCUT2D eigenvalue weighted by Crippen LogP contribution is -2.29. The van der Waals surface area contributed by atoms with Gasteiger partial charge in [0.1, 0.15) is 0 Å². The molecule has 0 radical (unpaired) electrons. The van der Waals surface area contributed by atoms with Gasteiger partial charge in [-0.1, -0.05) is 48.2 Å². The summed E-state index contributed by atoms with van der Waals surface area (Å²) >= 11 is 1.46. The predicted octanol–water partition coefficient (Wildman–Crippen LogP) is 2.62. The fourth-order valence-corrected chi connectivity index (χ4v) is 3.36. The van der Waals surface area contributed by atoms with E-state index >= 15 is 0 Å². The van der Waals surface area contributed by atoms with Crippen LogP contribution in [0, 0.1) is 6.92 Å². The van der Waals surface area contributed by atoms with E-state index in [9.17, 15) is 9.59 Å². The van der Waals surface area contributed by atoms with Crippen molar-refractivity contribution in [1.29, 1.82) is 0 Å². The Hall–Kier alpha value is -2.93. The SMILES string of the molecule is Cc1nc(SCc2ccccc2)[nH]c(=O)c1CC(=O)NCc1ccccn1. The second-order valence-corrected chi connectivity index (χ2v) is 6.95. The number of nitrogens with zero attached hydrogens (tertiary/aromatic N) is 2. The molecule has 1 aromatic carbocycles. The number of aryl methyl sites for hydroxylation is 1. The Bertz CT molecular complexity index is 959. The Morgan fingerprint density at radius 3 is 2.63 bits per heavy atom. The number of rotatable bonds is 7. The molecule has 3 rings (SSSR count). The number of pyridine rings is 1. The quantitative estimate of drug-likeness (QED) is 0.486. The van der Waals surface area contributed by atoms with Crippen molar-refractivity contribution in [2.45, 2.75) is 30.8 Å². The first-order chi connectivity index (χ1) is 13.1. The largest absolute Gasteiger partial charge is 0.350 e. The molecule has 0 aliphatic carbocycles. The molecule has 0 spiro atoms. The zero-order valence-corrected chi connectivity index (χ0v) is 15.8. The molecule has 0 aliphatic rings. The smallest absolute Gasteiger partial charge is 0.255 e. The van der Waals surface area contributed by atoms with E-state index < -0.39 is 0 Å². The minimum absolute atomic E-state index is 0.00929. The summed E-state index contributed by atoms with van der Waals surface area (Å²) in [5.41, 5.74) is 2.61. The predicted molar refractivity (Wildman–Crippen MR) is 105 cm³/mol. The maximum atomic E-state index is 12.4. The summed E-state index contributed by atoms with van der Waals surface area (Å²) in [5.74, 6) is 0.480. The van der Waals surface area contributed by atoms with Crippen LogP contribution in [0.25, 0.3) is 0 Å². The number of aromatic amines is 1. The van der Waals surface area contributed by atoms with Crippen LogP contribution in [0.4, 0.5) is 0 Å². The summed E-state index contributed by atoms with van der Waals surface area (Å²) in [6.07, 6.45) is 1.66. The van der Waals surface area contributed by atoms with Crippen molar-refractivity contribution < 1.29 is 4.79 Å². The average Bonchev–Trinajstić information content (AvgIpc) is 2.69. The molecule has 0 fully saturated rings. The fraction of sp³-hybridized carbons (Fsp3) is 0.200. The Labute approximate surface area is 161 Å². The molecule has 6 nitrogen and oxygen atoms in total. The fourth-order valence-electron chi connectivity index (χ4n) is 2.50. The number of H-pyrrole nitrogens is 1. The van der Waals surface area contributed by atoms with Gasteiger partial charge in [0.05, 0.1) is 18.7 Å². The van der Waals surface area contributed by atoms with Gasteiger partial charge in [0.15, 0.2) is 5.16 Å². The van der Waals surface area contributed by atoms with Crippen LogP contribution in [0.5, 0.6) is 0 Å². The van der Waals surface area contributed by atoms with Crippen LogP contribution >= 0.6 is 11.8 Å². The van der Waals surface area contributed by atoms with E-state index in [4.69, 9.17) is 0 Å². The minimum atomic E-state index is -0.272. The lowest BCUT2D eigenvalue weighted by molar-refractivity contribution is -0.120. The van der Waals surface area contributed by atoms with Crippen molar-refractivity contribution in [3.8, 4) is 0 Å². The Balaban J connectivity index is 1.60. The first-order valence-electron chi connectivity index (χ1n) is 8.55. The standard InChI is InChI=1S/C20H20N4O2S/c1-14-17(11-18(25)22-12-16-9-5-6-10-21-16)19(26)24-20(23-14)27-13-15-7-3-2-4-8-15/h2-10H,11-13H2,1H3,(H,22,25)(H,23,24,26). The van der Waals surface area contributed by atoms with E-state index in [1.54, 1.807) is 13.1 Å². The highest BCUT2D eigenvalue weighted by atomic mass is 32.2. The number of thioether (sulfide) groups is 1. The number of hydrogen-bond acceptors (Lipinski definition) is 5. The van der Waals surface area contributed by atoms with Crippen LogP contribution in [-0.4, -0.2) is 20.9 Å². The Morgan fingerprint density at radius 1 is 1.15 bits per heavy atom. The normalized spacial score (nSPS) is 10.6. The van der Waals surface area contributed by atoms with Crippen molar-refractivity contribution in [2.24, 2.45) is 0 Å². The molecule has 2 N–H and O–H groups in total. The van der Waals surface area contributed by atoms with Crippen LogP contribution in [0.3, 0.4) is 0 Å². The third-order valence-electron chi connectivity index (χ3n) is 3.95. The maximum Gasteiger partial charge on any atom is 0.255 e. The first kappa shape index (κ1) is 18.8. The molecule has 0 bridgehead atoms. The summed E-state index contributed by atoms with van der Waals surface area (Å²) < 4.78 is 0. The second kappa shape index (κ2) is 9.14. The van der Waals surface area contributed by atoms with Crippen LogP contribution < -0.4 is 10.9 Å². The molecule has 138 valence electrons. The number of carbonyl (C=O) groups is 1. The van der Waals surface area contributed by atoms with Crippen LogP contribution in [-0.2, 0) is 23.5 Å². The summed E-state index contributed by atoms with van der Waals surface area (Å²) in [5, 5.41) is 3.33. The van der Waals surface area contributed by atoms with Gasteiger partial charge < -0.3 is 10.3 Å². The minimum Gasteiger partial charge on any atom is -0.350 e. The third-order valence-corrected chi connectivity index (χ3v) is 4.89. The van der Waals surface area contributed by atoms with Crippen molar-refractivity contribution in [3.05, 3.63) is 87.6 Å². The molecule has 0 atom stereocenters. The van der Waals surface area contributed by atoms with Gasteiger partial charge in [-0.25, -0.2) is 4.98 Å². The van der Waals surface area contributed by atoms with Crippen LogP contribution in [0.2, 0.25) is 0 Å². The number of aromatic nitrogens is 3. The third kappa shape index (κ3) is 5.52. The van der Waals surface area contributed by atoms with E-state index in [2.05, 4.69) is 20.3 Å². The molecule has 2 heterocycles. The summed E-state index contributed by atoms with van der Waals surface area (Å²) in [6.45, 7) is 2.08. The van der Waals surface area contributed by atoms with Crippen molar-refractivity contribution in [2.75, 3.05) is 0 Å². The van der Waals surface area contributed by atoms with Gasteiger partial charge in [0.25, 0.3) is 5.56 Å². The molecule has 0 saturated heterocycles.